The Balaban J connectivity index is 2.26. The number of primary sulfonamides is 1. The minimum Gasteiger partial charge on any atom is -0.497 e. The van der Waals surface area contributed by atoms with Crippen molar-refractivity contribution in [3.8, 4) is 5.75 Å². The summed E-state index contributed by atoms with van der Waals surface area (Å²) in [5.74, 6) is 0.760. The molecule has 0 saturated heterocycles. The minimum absolute atomic E-state index is 0.198. The molecule has 0 radical (unpaired) electrons. The quantitative estimate of drug-likeness (QED) is 0.942. The van der Waals surface area contributed by atoms with E-state index in [0.29, 0.717) is 4.90 Å². The molecule has 0 fully saturated rings. The molecule has 0 aliphatic rings. The molecule has 1 aromatic carbocycles. The number of hydrogen-bond acceptors (Lipinski definition) is 5. The molecule has 18 heavy (non-hydrogen) atoms. The maximum absolute atomic E-state index is 11.4. The zero-order chi connectivity index (χ0) is 13.2. The lowest BCUT2D eigenvalue weighted by Gasteiger charge is -2.03. The molecule has 4 nitrogen and oxygen atoms in total. The van der Waals surface area contributed by atoms with Gasteiger partial charge in [-0.1, -0.05) is 11.8 Å². The van der Waals surface area contributed by atoms with E-state index < -0.39 is 10.0 Å². The Bertz CT molecular complexity index is 632. The Hall–Kier alpha value is -1.02. The van der Waals surface area contributed by atoms with Crippen molar-refractivity contribution >= 4 is 33.1 Å². The third-order valence-electron chi connectivity index (χ3n) is 2.14. The largest absolute Gasteiger partial charge is 0.497 e. The molecular weight excluding hydrogens is 290 g/mol. The van der Waals surface area contributed by atoms with Gasteiger partial charge in [0.1, 0.15) is 9.96 Å². The van der Waals surface area contributed by atoms with Crippen molar-refractivity contribution in [2.45, 2.75) is 14.0 Å². The van der Waals surface area contributed by atoms with Gasteiger partial charge < -0.3 is 4.74 Å². The van der Waals surface area contributed by atoms with Gasteiger partial charge in [-0.05, 0) is 35.7 Å². The molecule has 0 aliphatic heterocycles. The van der Waals surface area contributed by atoms with Crippen LogP contribution in [0.15, 0.2) is 49.7 Å². The van der Waals surface area contributed by atoms with Crippen molar-refractivity contribution in [2.75, 3.05) is 7.11 Å². The Kier molecular flexibility index (Phi) is 3.96. The van der Waals surface area contributed by atoms with Crippen LogP contribution in [0.25, 0.3) is 0 Å². The second kappa shape index (κ2) is 5.31. The third-order valence-corrected chi connectivity index (χ3v) is 5.90. The average Bonchev–Trinajstić information content (AvgIpc) is 2.78. The van der Waals surface area contributed by atoms with Gasteiger partial charge in [0, 0.05) is 9.79 Å². The molecule has 96 valence electrons. The van der Waals surface area contributed by atoms with E-state index in [1.54, 1.807) is 18.6 Å². The Morgan fingerprint density at radius 3 is 2.44 bits per heavy atom. The Morgan fingerprint density at radius 2 is 1.89 bits per heavy atom. The van der Waals surface area contributed by atoms with Gasteiger partial charge in [0.2, 0.25) is 10.0 Å². The second-order valence-corrected chi connectivity index (χ2v) is 7.18. The molecule has 7 heteroatoms. The van der Waals surface area contributed by atoms with Crippen LogP contribution in [0.4, 0.5) is 0 Å². The standard InChI is InChI=1S/C11H11NO3S3/c1-15-8-2-4-9(5-3-8)17-10-6-7-16-11(10)18(12,13)14/h2-7H,1H3,(H2,12,13,14). The van der Waals surface area contributed by atoms with Gasteiger partial charge in [-0.25, -0.2) is 13.6 Å². The monoisotopic (exact) mass is 301 g/mol. The van der Waals surface area contributed by atoms with Crippen LogP contribution >= 0.6 is 23.1 Å². The lowest BCUT2D eigenvalue weighted by molar-refractivity contribution is 0.414. The van der Waals surface area contributed by atoms with Crippen molar-refractivity contribution in [1.82, 2.24) is 0 Å². The van der Waals surface area contributed by atoms with Crippen molar-refractivity contribution in [3.05, 3.63) is 35.7 Å². The molecule has 1 aromatic heterocycles. The van der Waals surface area contributed by atoms with Crippen LogP contribution in [0.5, 0.6) is 5.75 Å². The van der Waals surface area contributed by atoms with E-state index in [2.05, 4.69) is 0 Å². The van der Waals surface area contributed by atoms with Gasteiger partial charge in [-0.2, -0.15) is 0 Å². The molecule has 1 heterocycles. The summed E-state index contributed by atoms with van der Waals surface area (Å²) in [4.78, 5) is 1.58. The van der Waals surface area contributed by atoms with E-state index in [1.807, 2.05) is 24.3 Å². The summed E-state index contributed by atoms with van der Waals surface area (Å²) < 4.78 is 28.0. The first kappa shape index (κ1) is 13.4. The van der Waals surface area contributed by atoms with Gasteiger partial charge in [0.15, 0.2) is 0 Å². The highest BCUT2D eigenvalue weighted by atomic mass is 32.2. The van der Waals surface area contributed by atoms with Crippen molar-refractivity contribution < 1.29 is 13.2 Å². The lowest BCUT2D eigenvalue weighted by atomic mass is 10.3. The summed E-state index contributed by atoms with van der Waals surface area (Å²) in [5, 5.41) is 6.86. The fraction of sp³-hybridized carbons (Fsp3) is 0.0909. The van der Waals surface area contributed by atoms with Gasteiger partial charge in [0.25, 0.3) is 0 Å². The number of benzene rings is 1. The molecule has 0 spiro atoms. The highest BCUT2D eigenvalue weighted by Gasteiger charge is 2.16. The molecule has 0 bridgehead atoms. The molecule has 0 saturated carbocycles. The number of methoxy groups -OCH3 is 1. The molecule has 2 aromatic rings. The van der Waals surface area contributed by atoms with Gasteiger partial charge in [-0.15, -0.1) is 11.3 Å². The van der Waals surface area contributed by atoms with Crippen LogP contribution in [0, 0.1) is 0 Å². The number of sulfonamides is 1. The van der Waals surface area contributed by atoms with Crippen LogP contribution in [0.3, 0.4) is 0 Å². The summed E-state index contributed by atoms with van der Waals surface area (Å²) in [6.45, 7) is 0. The smallest absolute Gasteiger partial charge is 0.248 e. The topological polar surface area (TPSA) is 69.4 Å². The molecule has 0 atom stereocenters. The maximum Gasteiger partial charge on any atom is 0.248 e. The van der Waals surface area contributed by atoms with E-state index in [4.69, 9.17) is 9.88 Å². The molecule has 2 N–H and O–H groups in total. The normalized spacial score (nSPS) is 11.4. The molecule has 2 rings (SSSR count). The van der Waals surface area contributed by atoms with Crippen LogP contribution in [-0.2, 0) is 10.0 Å². The van der Waals surface area contributed by atoms with Crippen molar-refractivity contribution in [3.63, 3.8) is 0 Å². The first-order valence-electron chi connectivity index (χ1n) is 4.93. The van der Waals surface area contributed by atoms with E-state index in [9.17, 15) is 8.42 Å². The van der Waals surface area contributed by atoms with Crippen LogP contribution < -0.4 is 9.88 Å². The second-order valence-electron chi connectivity index (χ2n) is 3.39. The van der Waals surface area contributed by atoms with Crippen LogP contribution in [0.1, 0.15) is 0 Å². The summed E-state index contributed by atoms with van der Waals surface area (Å²) >= 11 is 2.49. The summed E-state index contributed by atoms with van der Waals surface area (Å²) in [5.41, 5.74) is 0. The highest BCUT2D eigenvalue weighted by Crippen LogP contribution is 2.36. The first-order chi connectivity index (χ1) is 8.50. The number of thiophene rings is 1. The molecule has 0 unspecified atom stereocenters. The number of ether oxygens (including phenoxy) is 1. The summed E-state index contributed by atoms with van der Waals surface area (Å²) in [7, 11) is -2.05. The highest BCUT2D eigenvalue weighted by molar-refractivity contribution is 8.00. The first-order valence-corrected chi connectivity index (χ1v) is 8.17. The predicted molar refractivity (Wildman–Crippen MR) is 72.8 cm³/mol. The third kappa shape index (κ3) is 3.05. The summed E-state index contributed by atoms with van der Waals surface area (Å²) in [6.07, 6.45) is 0. The SMILES string of the molecule is COc1ccc(Sc2ccsc2S(N)(=O)=O)cc1. The zero-order valence-corrected chi connectivity index (χ0v) is 11.9. The summed E-state index contributed by atoms with van der Waals surface area (Å²) in [6, 6.07) is 9.14. The van der Waals surface area contributed by atoms with Crippen molar-refractivity contribution in [1.29, 1.82) is 0 Å². The van der Waals surface area contributed by atoms with E-state index in [-0.39, 0.29) is 4.21 Å². The van der Waals surface area contributed by atoms with Crippen LogP contribution in [0.2, 0.25) is 0 Å². The molecular formula is C11H11NO3S3. The van der Waals surface area contributed by atoms with Gasteiger partial charge in [0.05, 0.1) is 7.11 Å². The van der Waals surface area contributed by atoms with Gasteiger partial charge >= 0.3 is 0 Å². The minimum atomic E-state index is -3.65. The Morgan fingerprint density at radius 1 is 1.22 bits per heavy atom. The average molecular weight is 301 g/mol. The number of rotatable bonds is 4. The van der Waals surface area contributed by atoms with E-state index in [1.165, 1.54) is 11.8 Å². The molecule has 0 aliphatic carbocycles. The maximum atomic E-state index is 11.4. The van der Waals surface area contributed by atoms with Crippen molar-refractivity contribution in [2.24, 2.45) is 5.14 Å². The van der Waals surface area contributed by atoms with Gasteiger partial charge in [-0.3, -0.25) is 0 Å². The number of hydrogen-bond donors (Lipinski definition) is 1. The van der Waals surface area contributed by atoms with E-state index >= 15 is 0 Å². The fourth-order valence-corrected chi connectivity index (χ4v) is 4.48. The zero-order valence-electron chi connectivity index (χ0n) is 9.49. The lowest BCUT2D eigenvalue weighted by Crippen LogP contribution is -2.11. The van der Waals surface area contributed by atoms with E-state index in [0.717, 1.165) is 22.0 Å². The number of nitrogens with two attached hydrogens (primary N) is 1. The Labute approximate surface area is 114 Å². The molecule has 0 amide bonds. The fourth-order valence-electron chi connectivity index (χ4n) is 1.34. The van der Waals surface area contributed by atoms with Crippen LogP contribution in [-0.4, -0.2) is 15.5 Å². The predicted octanol–water partition coefficient (Wildman–Crippen LogP) is 2.56.